The van der Waals surface area contributed by atoms with Crippen LogP contribution in [0.5, 0.6) is 0 Å². The van der Waals surface area contributed by atoms with Crippen molar-refractivity contribution in [1.29, 1.82) is 0 Å². The van der Waals surface area contributed by atoms with Gasteiger partial charge in [-0.05, 0) is 72.1 Å². The van der Waals surface area contributed by atoms with Crippen LogP contribution in [0.15, 0.2) is 140 Å². The first kappa shape index (κ1) is 23.7. The van der Waals surface area contributed by atoms with Gasteiger partial charge < -0.3 is 4.57 Å². The van der Waals surface area contributed by atoms with Crippen LogP contribution in [0.4, 0.5) is 0 Å². The summed E-state index contributed by atoms with van der Waals surface area (Å²) in [4.78, 5) is 18.9. The van der Waals surface area contributed by atoms with Crippen LogP contribution in [0, 0.1) is 0 Å². The normalized spacial score (nSPS) is 11.7. The van der Waals surface area contributed by atoms with E-state index in [9.17, 15) is 0 Å². The van der Waals surface area contributed by atoms with E-state index < -0.39 is 0 Å². The highest BCUT2D eigenvalue weighted by Gasteiger charge is 2.21. The molecule has 0 unspecified atom stereocenters. The zero-order chi connectivity index (χ0) is 28.3. The zero-order valence-electron chi connectivity index (χ0n) is 23.0. The number of hydrogen-bond acceptors (Lipinski definition) is 4. The van der Waals surface area contributed by atoms with Crippen molar-refractivity contribution in [2.75, 3.05) is 0 Å². The SMILES string of the molecule is c1ccc(-c2ccc3c(c2)c2cc(-c4ccccn4)c4ccccc4c2n3-c2cc3cccnc3c3ncccc23)nc1. The van der Waals surface area contributed by atoms with Crippen LogP contribution in [0.25, 0.3) is 82.6 Å². The summed E-state index contributed by atoms with van der Waals surface area (Å²) in [5, 5.41) is 6.75. The van der Waals surface area contributed by atoms with Gasteiger partial charge in [0.15, 0.2) is 0 Å². The standard InChI is InChI=1S/C38H23N5/c1-2-11-27-26(10-1)29(33-14-4-6-18-40-33)23-31-30-21-24(32-13-3-5-17-39-32)15-16-34(30)43(38(27)31)35-22-25-9-7-19-41-36(25)37-28(35)12-8-20-42-37/h1-23H. The molecule has 5 heterocycles. The van der Waals surface area contributed by atoms with Crippen LogP contribution < -0.4 is 0 Å². The molecule has 0 fully saturated rings. The molecule has 43 heavy (non-hydrogen) atoms. The van der Waals surface area contributed by atoms with Crippen molar-refractivity contribution in [2.24, 2.45) is 0 Å². The van der Waals surface area contributed by atoms with E-state index in [4.69, 9.17) is 15.0 Å². The molecule has 0 saturated heterocycles. The Kier molecular flexibility index (Phi) is 5.13. The molecule has 5 nitrogen and oxygen atoms in total. The third kappa shape index (κ3) is 3.58. The summed E-state index contributed by atoms with van der Waals surface area (Å²) in [6.45, 7) is 0. The zero-order valence-corrected chi connectivity index (χ0v) is 23.0. The fourth-order valence-electron chi connectivity index (χ4n) is 6.49. The maximum Gasteiger partial charge on any atom is 0.0985 e. The number of aromatic nitrogens is 5. The third-order valence-electron chi connectivity index (χ3n) is 8.35. The van der Waals surface area contributed by atoms with Gasteiger partial charge in [0.05, 0.1) is 39.1 Å². The van der Waals surface area contributed by atoms with E-state index >= 15 is 0 Å². The quantitative estimate of drug-likeness (QED) is 0.206. The molecule has 0 bridgehead atoms. The molecule has 200 valence electrons. The Balaban J connectivity index is 1.50. The Hall–Kier alpha value is -5.94. The van der Waals surface area contributed by atoms with Crippen LogP contribution in [-0.4, -0.2) is 24.5 Å². The highest BCUT2D eigenvalue weighted by Crippen LogP contribution is 2.43. The molecule has 5 heteroatoms. The smallest absolute Gasteiger partial charge is 0.0985 e. The summed E-state index contributed by atoms with van der Waals surface area (Å²) in [6.07, 6.45) is 7.39. The predicted octanol–water partition coefficient (Wildman–Crippen LogP) is 9.16. The number of hydrogen-bond donors (Lipinski definition) is 0. The van der Waals surface area contributed by atoms with Crippen LogP contribution in [0.1, 0.15) is 0 Å². The number of fused-ring (bicyclic) bond motifs is 8. The lowest BCUT2D eigenvalue weighted by atomic mass is 9.97. The summed E-state index contributed by atoms with van der Waals surface area (Å²) in [5.41, 5.74) is 9.23. The molecule has 5 aromatic heterocycles. The molecule has 0 aliphatic rings. The molecule has 0 radical (unpaired) electrons. The lowest BCUT2D eigenvalue weighted by Gasteiger charge is -2.15. The molecule has 9 aromatic rings. The Labute approximate surface area is 246 Å². The van der Waals surface area contributed by atoms with Gasteiger partial charge in [-0.2, -0.15) is 0 Å². The molecule has 0 aliphatic carbocycles. The van der Waals surface area contributed by atoms with Crippen molar-refractivity contribution in [1.82, 2.24) is 24.5 Å². The maximum atomic E-state index is 4.82. The van der Waals surface area contributed by atoms with Crippen LogP contribution in [0.3, 0.4) is 0 Å². The molecular formula is C38H23N5. The summed E-state index contributed by atoms with van der Waals surface area (Å²) >= 11 is 0. The minimum absolute atomic E-state index is 0.894. The topological polar surface area (TPSA) is 56.5 Å². The Morgan fingerprint density at radius 3 is 1.95 bits per heavy atom. The van der Waals surface area contributed by atoms with E-state index in [-0.39, 0.29) is 0 Å². The van der Waals surface area contributed by atoms with E-state index in [1.807, 2.05) is 61.2 Å². The molecular weight excluding hydrogens is 526 g/mol. The van der Waals surface area contributed by atoms with Crippen molar-refractivity contribution in [2.45, 2.75) is 0 Å². The van der Waals surface area contributed by atoms with Crippen LogP contribution in [-0.2, 0) is 0 Å². The molecule has 0 spiro atoms. The Morgan fingerprint density at radius 2 is 1.14 bits per heavy atom. The molecule has 9 rings (SSSR count). The van der Waals surface area contributed by atoms with Gasteiger partial charge in [0, 0.05) is 62.8 Å². The van der Waals surface area contributed by atoms with E-state index in [0.29, 0.717) is 0 Å². The average molecular weight is 550 g/mol. The van der Waals surface area contributed by atoms with Gasteiger partial charge in [-0.15, -0.1) is 0 Å². The Morgan fingerprint density at radius 1 is 0.442 bits per heavy atom. The maximum absolute atomic E-state index is 4.82. The van der Waals surface area contributed by atoms with Gasteiger partial charge in [-0.25, -0.2) is 0 Å². The van der Waals surface area contributed by atoms with E-state index in [1.165, 1.54) is 5.39 Å². The molecule has 0 N–H and O–H groups in total. The van der Waals surface area contributed by atoms with Crippen molar-refractivity contribution in [3.63, 3.8) is 0 Å². The summed E-state index contributed by atoms with van der Waals surface area (Å²) in [7, 11) is 0. The fourth-order valence-corrected chi connectivity index (χ4v) is 6.49. The minimum atomic E-state index is 0.894. The molecule has 0 saturated carbocycles. The second-order valence-electron chi connectivity index (χ2n) is 10.7. The molecule has 0 aliphatic heterocycles. The van der Waals surface area contributed by atoms with Gasteiger partial charge >= 0.3 is 0 Å². The third-order valence-corrected chi connectivity index (χ3v) is 8.35. The second kappa shape index (κ2) is 9.29. The summed E-state index contributed by atoms with van der Waals surface area (Å²) in [5.74, 6) is 0. The monoisotopic (exact) mass is 549 g/mol. The highest BCUT2D eigenvalue weighted by atomic mass is 15.0. The van der Waals surface area contributed by atoms with E-state index in [1.54, 1.807) is 0 Å². The lowest BCUT2D eigenvalue weighted by molar-refractivity contribution is 1.20. The average Bonchev–Trinajstić information content (AvgIpc) is 3.42. The first-order valence-corrected chi connectivity index (χ1v) is 14.3. The first-order valence-electron chi connectivity index (χ1n) is 14.3. The predicted molar refractivity (Wildman–Crippen MR) is 175 cm³/mol. The van der Waals surface area contributed by atoms with E-state index in [0.717, 1.165) is 77.2 Å². The largest absolute Gasteiger partial charge is 0.308 e. The number of rotatable bonds is 3. The molecule has 4 aromatic carbocycles. The van der Waals surface area contributed by atoms with Crippen molar-refractivity contribution in [3.8, 4) is 28.2 Å². The van der Waals surface area contributed by atoms with Crippen LogP contribution >= 0.6 is 0 Å². The fraction of sp³-hybridized carbons (Fsp3) is 0. The van der Waals surface area contributed by atoms with Gasteiger partial charge in [-0.3, -0.25) is 19.9 Å². The number of benzene rings is 4. The first-order chi connectivity index (χ1) is 21.3. The molecule has 0 atom stereocenters. The lowest BCUT2D eigenvalue weighted by Crippen LogP contribution is -1.98. The van der Waals surface area contributed by atoms with Gasteiger partial charge in [0.2, 0.25) is 0 Å². The molecule has 0 amide bonds. The van der Waals surface area contributed by atoms with Crippen molar-refractivity contribution < 1.29 is 0 Å². The van der Waals surface area contributed by atoms with Crippen LogP contribution in [0.2, 0.25) is 0 Å². The van der Waals surface area contributed by atoms with Gasteiger partial charge in [-0.1, -0.05) is 48.5 Å². The summed E-state index contributed by atoms with van der Waals surface area (Å²) < 4.78 is 2.41. The summed E-state index contributed by atoms with van der Waals surface area (Å²) in [6, 6.07) is 40.3. The van der Waals surface area contributed by atoms with E-state index in [2.05, 4.69) is 88.4 Å². The van der Waals surface area contributed by atoms with Gasteiger partial charge in [0.1, 0.15) is 0 Å². The minimum Gasteiger partial charge on any atom is -0.308 e. The van der Waals surface area contributed by atoms with Gasteiger partial charge in [0.25, 0.3) is 0 Å². The number of nitrogens with zero attached hydrogens (tertiary/aromatic N) is 5. The second-order valence-corrected chi connectivity index (χ2v) is 10.7. The van der Waals surface area contributed by atoms with Crippen molar-refractivity contribution >= 4 is 54.4 Å². The van der Waals surface area contributed by atoms with Crippen molar-refractivity contribution in [3.05, 3.63) is 140 Å². The number of pyridine rings is 4. The Bertz CT molecular complexity index is 2500. The highest BCUT2D eigenvalue weighted by molar-refractivity contribution is 6.23.